The summed E-state index contributed by atoms with van der Waals surface area (Å²) in [5.74, 6) is -1.43. The maximum atomic E-state index is 13.4. The fourth-order valence-corrected chi connectivity index (χ4v) is 2.82. The van der Waals surface area contributed by atoms with Crippen molar-refractivity contribution in [3.8, 4) is 6.01 Å². The lowest BCUT2D eigenvalue weighted by Gasteiger charge is -2.23. The zero-order valence-electron chi connectivity index (χ0n) is 12.4. The van der Waals surface area contributed by atoms with Gasteiger partial charge in [-0.15, -0.1) is 0 Å². The minimum atomic E-state index is -0.977. The summed E-state index contributed by atoms with van der Waals surface area (Å²) < 4.78 is 31.3. The van der Waals surface area contributed by atoms with Crippen molar-refractivity contribution in [1.29, 1.82) is 0 Å². The van der Waals surface area contributed by atoms with E-state index in [-0.39, 0.29) is 12.6 Å². The first-order chi connectivity index (χ1) is 11.6. The summed E-state index contributed by atoms with van der Waals surface area (Å²) in [6, 6.07) is 8.61. The molecule has 0 saturated carbocycles. The van der Waals surface area contributed by atoms with Crippen LogP contribution in [0.1, 0.15) is 23.0 Å². The molecule has 4 rings (SSSR count). The SMILES string of the molecule is O=C(OC[C@H]1O[C@@H]2C[C@@H]1Oc1nc(=O)c(F)cn12)c1ccccc1. The average molecular weight is 332 g/mol. The summed E-state index contributed by atoms with van der Waals surface area (Å²) in [5, 5.41) is 0. The van der Waals surface area contributed by atoms with E-state index in [1.54, 1.807) is 30.3 Å². The fourth-order valence-electron chi connectivity index (χ4n) is 2.82. The van der Waals surface area contributed by atoms with Crippen LogP contribution in [0.2, 0.25) is 0 Å². The van der Waals surface area contributed by atoms with Crippen molar-refractivity contribution in [3.63, 3.8) is 0 Å². The highest BCUT2D eigenvalue weighted by molar-refractivity contribution is 5.89. The van der Waals surface area contributed by atoms with Crippen LogP contribution in [0.4, 0.5) is 4.39 Å². The minimum Gasteiger partial charge on any atom is -0.459 e. The normalized spacial score (nSPS) is 24.1. The predicted octanol–water partition coefficient (Wildman–Crippen LogP) is 1.29. The van der Waals surface area contributed by atoms with E-state index in [0.717, 1.165) is 6.20 Å². The number of esters is 1. The zero-order valence-corrected chi connectivity index (χ0v) is 12.4. The third-order valence-electron chi connectivity index (χ3n) is 4.01. The van der Waals surface area contributed by atoms with Gasteiger partial charge in [0.15, 0.2) is 0 Å². The van der Waals surface area contributed by atoms with Crippen molar-refractivity contribution >= 4 is 5.97 Å². The van der Waals surface area contributed by atoms with Gasteiger partial charge in [-0.1, -0.05) is 18.2 Å². The van der Waals surface area contributed by atoms with E-state index >= 15 is 0 Å². The maximum Gasteiger partial charge on any atom is 0.338 e. The Morgan fingerprint density at radius 1 is 1.38 bits per heavy atom. The van der Waals surface area contributed by atoms with E-state index in [2.05, 4.69) is 4.98 Å². The van der Waals surface area contributed by atoms with Crippen molar-refractivity contribution in [3.05, 3.63) is 58.3 Å². The van der Waals surface area contributed by atoms with Gasteiger partial charge >= 0.3 is 17.5 Å². The van der Waals surface area contributed by atoms with Crippen molar-refractivity contribution < 1.29 is 23.4 Å². The second-order valence-electron chi connectivity index (χ2n) is 5.57. The van der Waals surface area contributed by atoms with Gasteiger partial charge < -0.3 is 14.2 Å². The topological polar surface area (TPSA) is 79.7 Å². The number of nitrogens with zero attached hydrogens (tertiary/aromatic N) is 2. The second-order valence-corrected chi connectivity index (χ2v) is 5.57. The number of benzene rings is 1. The summed E-state index contributed by atoms with van der Waals surface area (Å²) in [7, 11) is 0. The van der Waals surface area contributed by atoms with Gasteiger partial charge in [-0.05, 0) is 12.1 Å². The van der Waals surface area contributed by atoms with E-state index in [0.29, 0.717) is 12.0 Å². The van der Waals surface area contributed by atoms with Crippen molar-refractivity contribution in [1.82, 2.24) is 9.55 Å². The number of hydrogen-bond acceptors (Lipinski definition) is 6. The van der Waals surface area contributed by atoms with Crippen LogP contribution < -0.4 is 10.3 Å². The lowest BCUT2D eigenvalue weighted by atomic mass is 10.1. The van der Waals surface area contributed by atoms with Crippen LogP contribution in [0.3, 0.4) is 0 Å². The van der Waals surface area contributed by atoms with Gasteiger partial charge in [-0.25, -0.2) is 4.79 Å². The van der Waals surface area contributed by atoms with Gasteiger partial charge in [-0.3, -0.25) is 9.36 Å². The Bertz CT molecular complexity index is 838. The highest BCUT2D eigenvalue weighted by Crippen LogP contribution is 2.37. The Labute approximate surface area is 135 Å². The summed E-state index contributed by atoms with van der Waals surface area (Å²) in [4.78, 5) is 26.8. The van der Waals surface area contributed by atoms with Gasteiger partial charge in [0.25, 0.3) is 0 Å². The predicted molar refractivity (Wildman–Crippen MR) is 78.1 cm³/mol. The molecule has 1 aromatic carbocycles. The first kappa shape index (κ1) is 14.8. The maximum absolute atomic E-state index is 13.4. The molecule has 2 aromatic rings. The molecule has 1 saturated heterocycles. The number of carbonyl (C=O) groups excluding carboxylic acids is 1. The van der Waals surface area contributed by atoms with E-state index in [9.17, 15) is 14.0 Å². The van der Waals surface area contributed by atoms with Gasteiger partial charge in [0.2, 0.25) is 5.82 Å². The van der Waals surface area contributed by atoms with Gasteiger partial charge in [0.05, 0.1) is 11.8 Å². The molecule has 0 aliphatic carbocycles. The smallest absolute Gasteiger partial charge is 0.338 e. The summed E-state index contributed by atoms with van der Waals surface area (Å²) in [6.45, 7) is -0.00381. The molecule has 0 radical (unpaired) electrons. The Morgan fingerprint density at radius 3 is 2.96 bits per heavy atom. The molecular formula is C16H13FN2O5. The monoisotopic (exact) mass is 332 g/mol. The largest absolute Gasteiger partial charge is 0.459 e. The zero-order chi connectivity index (χ0) is 16.7. The number of aromatic nitrogens is 2. The number of halogens is 1. The van der Waals surface area contributed by atoms with Crippen LogP contribution in [0.5, 0.6) is 6.01 Å². The Kier molecular flexibility index (Phi) is 3.53. The number of fused-ring (bicyclic) bond motifs is 4. The number of ether oxygens (including phenoxy) is 3. The van der Waals surface area contributed by atoms with Gasteiger partial charge in [0.1, 0.15) is 25.0 Å². The molecule has 2 aliphatic heterocycles. The number of carbonyl (C=O) groups is 1. The van der Waals surface area contributed by atoms with Crippen molar-refractivity contribution in [2.75, 3.05) is 6.61 Å². The molecule has 1 aromatic heterocycles. The van der Waals surface area contributed by atoms with Crippen LogP contribution in [0, 0.1) is 5.82 Å². The molecule has 3 atom stereocenters. The van der Waals surface area contributed by atoms with Gasteiger partial charge in [0, 0.05) is 6.42 Å². The summed E-state index contributed by atoms with van der Waals surface area (Å²) in [5.41, 5.74) is -0.536. The second kappa shape index (κ2) is 5.72. The molecule has 1 fully saturated rings. The molecule has 2 aliphatic rings. The molecule has 0 spiro atoms. The van der Waals surface area contributed by atoms with E-state index in [1.807, 2.05) is 0 Å². The van der Waals surface area contributed by atoms with Crippen molar-refractivity contribution in [2.24, 2.45) is 0 Å². The molecule has 124 valence electrons. The highest BCUT2D eigenvalue weighted by Gasteiger charge is 2.44. The minimum absolute atomic E-state index is 0.00381. The van der Waals surface area contributed by atoms with Crippen LogP contribution in [0.15, 0.2) is 41.3 Å². The summed E-state index contributed by atoms with van der Waals surface area (Å²) in [6.07, 6.45) is 0.0642. The first-order valence-corrected chi connectivity index (χ1v) is 7.45. The number of rotatable bonds is 3. The third kappa shape index (κ3) is 2.54. The highest BCUT2D eigenvalue weighted by atomic mass is 19.1. The van der Waals surface area contributed by atoms with Gasteiger partial charge in [-0.2, -0.15) is 9.37 Å². The van der Waals surface area contributed by atoms with Crippen LogP contribution in [-0.2, 0) is 9.47 Å². The van der Waals surface area contributed by atoms with Crippen LogP contribution in [0.25, 0.3) is 0 Å². The molecule has 7 nitrogen and oxygen atoms in total. The molecule has 2 bridgehead atoms. The van der Waals surface area contributed by atoms with Crippen LogP contribution in [-0.4, -0.2) is 34.3 Å². The quantitative estimate of drug-likeness (QED) is 0.788. The number of hydrogen-bond donors (Lipinski definition) is 0. The average Bonchev–Trinajstić information content (AvgIpc) is 2.93. The Balaban J connectivity index is 1.45. The first-order valence-electron chi connectivity index (χ1n) is 7.45. The molecule has 0 amide bonds. The Hall–Kier alpha value is -2.74. The standard InChI is InChI=1S/C16H13FN2O5/c17-10-7-19-13-6-11(24-16(19)18-14(10)20)12(23-13)8-22-15(21)9-4-2-1-3-5-9/h1-5,7,11-13H,6,8H2/t11-,12+,13+/m0/s1. The molecule has 0 N–H and O–H groups in total. The van der Waals surface area contributed by atoms with E-state index in [1.165, 1.54) is 4.57 Å². The molecular weight excluding hydrogens is 319 g/mol. The Morgan fingerprint density at radius 2 is 2.17 bits per heavy atom. The molecule has 8 heteroatoms. The van der Waals surface area contributed by atoms with E-state index in [4.69, 9.17) is 14.2 Å². The lowest BCUT2D eigenvalue weighted by molar-refractivity contribution is -0.0352. The van der Waals surface area contributed by atoms with E-state index < -0.39 is 35.8 Å². The lowest BCUT2D eigenvalue weighted by Crippen LogP contribution is -2.34. The van der Waals surface area contributed by atoms with Crippen molar-refractivity contribution in [2.45, 2.75) is 24.9 Å². The molecule has 24 heavy (non-hydrogen) atoms. The fraction of sp³-hybridized carbons (Fsp3) is 0.312. The molecule has 0 unspecified atom stereocenters. The third-order valence-corrected chi connectivity index (χ3v) is 4.01. The molecule has 3 heterocycles. The van der Waals surface area contributed by atoms with Crippen LogP contribution >= 0.6 is 0 Å². The summed E-state index contributed by atoms with van der Waals surface area (Å²) >= 11 is 0.